The lowest BCUT2D eigenvalue weighted by Gasteiger charge is -2.13. The van der Waals surface area contributed by atoms with Gasteiger partial charge in [0, 0.05) is 11.1 Å². The first-order valence-electron chi connectivity index (χ1n) is 9.71. The maximum atomic E-state index is 11.2. The van der Waals surface area contributed by atoms with E-state index in [1.165, 1.54) is 0 Å². The third-order valence-corrected chi connectivity index (χ3v) is 4.91. The van der Waals surface area contributed by atoms with Gasteiger partial charge in [0.05, 0.1) is 12.7 Å². The van der Waals surface area contributed by atoms with Gasteiger partial charge >= 0.3 is 5.97 Å². The van der Waals surface area contributed by atoms with Crippen molar-refractivity contribution in [2.24, 2.45) is 0 Å². The van der Waals surface area contributed by atoms with E-state index in [4.69, 9.17) is 19.0 Å². The van der Waals surface area contributed by atoms with E-state index >= 15 is 0 Å². The van der Waals surface area contributed by atoms with Crippen molar-refractivity contribution < 1.29 is 23.8 Å². The summed E-state index contributed by atoms with van der Waals surface area (Å²) >= 11 is 0. The summed E-state index contributed by atoms with van der Waals surface area (Å²) in [5, 5.41) is 9.14. The van der Waals surface area contributed by atoms with Crippen LogP contribution in [0, 0.1) is 6.92 Å². The van der Waals surface area contributed by atoms with Crippen LogP contribution in [0.15, 0.2) is 77.2 Å². The molecular weight excluding hydrogens is 394 g/mol. The zero-order valence-electron chi connectivity index (χ0n) is 17.2. The molecule has 0 spiro atoms. The predicted octanol–water partition coefficient (Wildman–Crippen LogP) is 5.60. The molecule has 0 aliphatic carbocycles. The number of aromatic carboxylic acids is 1. The lowest BCUT2D eigenvalue weighted by molar-refractivity contribution is 0.0697. The molecule has 0 fully saturated rings. The summed E-state index contributed by atoms with van der Waals surface area (Å²) in [4.78, 5) is 15.7. The second-order valence-corrected chi connectivity index (χ2v) is 6.92. The van der Waals surface area contributed by atoms with Gasteiger partial charge in [-0.15, -0.1) is 0 Å². The molecule has 0 saturated carbocycles. The summed E-state index contributed by atoms with van der Waals surface area (Å²) in [5.41, 5.74) is 3.45. The van der Waals surface area contributed by atoms with Gasteiger partial charge in [-0.2, -0.15) is 0 Å². The second kappa shape index (κ2) is 8.75. The molecule has 1 aromatic heterocycles. The molecule has 0 unspecified atom stereocenters. The third-order valence-electron chi connectivity index (χ3n) is 4.91. The average molecular weight is 415 g/mol. The molecule has 4 aromatic rings. The number of nitrogens with zero attached hydrogens (tertiary/aromatic N) is 1. The minimum absolute atomic E-state index is 0.223. The number of oxazole rings is 1. The molecular formula is C25H21NO5. The fraction of sp³-hybridized carbons (Fsp3) is 0.120. The van der Waals surface area contributed by atoms with E-state index in [-0.39, 0.29) is 12.2 Å². The first kappa shape index (κ1) is 20.2. The number of ether oxygens (including phenoxy) is 2. The molecule has 156 valence electrons. The molecule has 6 nitrogen and oxygen atoms in total. The van der Waals surface area contributed by atoms with E-state index in [0.717, 1.165) is 16.7 Å². The Balaban J connectivity index is 1.60. The van der Waals surface area contributed by atoms with Crippen LogP contribution in [0.2, 0.25) is 0 Å². The van der Waals surface area contributed by atoms with E-state index < -0.39 is 5.97 Å². The van der Waals surface area contributed by atoms with Crippen LogP contribution >= 0.6 is 0 Å². The van der Waals surface area contributed by atoms with E-state index in [2.05, 4.69) is 4.98 Å². The van der Waals surface area contributed by atoms with Gasteiger partial charge in [0.1, 0.15) is 29.6 Å². The van der Waals surface area contributed by atoms with Crippen molar-refractivity contribution >= 4 is 5.97 Å². The Bertz CT molecular complexity index is 1200. The van der Waals surface area contributed by atoms with Crippen LogP contribution in [0.4, 0.5) is 0 Å². The van der Waals surface area contributed by atoms with E-state index in [1.54, 1.807) is 31.4 Å². The van der Waals surface area contributed by atoms with Crippen LogP contribution in [0.1, 0.15) is 21.8 Å². The standard InChI is InChI=1S/C25H21NO5/c1-16-22(26-24(31-16)18-6-4-3-5-7-18)15-30-23-13-12-20(29-2)14-21(23)17-8-10-19(11-9-17)25(27)28/h3-14H,15H2,1-2H3,(H,27,28). The summed E-state index contributed by atoms with van der Waals surface area (Å²) in [5.74, 6) is 1.58. The summed E-state index contributed by atoms with van der Waals surface area (Å²) in [7, 11) is 1.59. The first-order chi connectivity index (χ1) is 15.0. The van der Waals surface area contributed by atoms with Crippen LogP contribution in [0.3, 0.4) is 0 Å². The molecule has 4 rings (SSSR count). The number of hydrogen-bond donors (Lipinski definition) is 1. The van der Waals surface area contributed by atoms with Gasteiger partial charge in [0.25, 0.3) is 0 Å². The normalized spacial score (nSPS) is 10.6. The van der Waals surface area contributed by atoms with Gasteiger partial charge in [-0.1, -0.05) is 30.3 Å². The fourth-order valence-electron chi connectivity index (χ4n) is 3.19. The lowest BCUT2D eigenvalue weighted by Crippen LogP contribution is -2.00. The number of benzene rings is 3. The molecule has 0 atom stereocenters. The quantitative estimate of drug-likeness (QED) is 0.423. The van der Waals surface area contributed by atoms with E-state index in [0.29, 0.717) is 28.8 Å². The monoisotopic (exact) mass is 415 g/mol. The molecule has 1 heterocycles. The zero-order chi connectivity index (χ0) is 21.8. The maximum absolute atomic E-state index is 11.2. The van der Waals surface area contributed by atoms with Crippen molar-refractivity contribution in [2.75, 3.05) is 7.11 Å². The van der Waals surface area contributed by atoms with Crippen molar-refractivity contribution in [1.82, 2.24) is 4.98 Å². The Hall–Kier alpha value is -4.06. The summed E-state index contributed by atoms with van der Waals surface area (Å²) in [6.07, 6.45) is 0. The molecule has 0 aliphatic rings. The number of carbonyl (C=O) groups is 1. The fourth-order valence-corrected chi connectivity index (χ4v) is 3.19. The first-order valence-corrected chi connectivity index (χ1v) is 9.71. The Morgan fingerprint density at radius 3 is 2.42 bits per heavy atom. The molecule has 0 saturated heterocycles. The molecule has 6 heteroatoms. The van der Waals surface area contributed by atoms with Crippen molar-refractivity contribution in [3.05, 3.63) is 89.8 Å². The van der Waals surface area contributed by atoms with Crippen LogP contribution < -0.4 is 9.47 Å². The number of aryl methyl sites for hydroxylation is 1. The van der Waals surface area contributed by atoms with Crippen LogP contribution in [0.5, 0.6) is 11.5 Å². The third kappa shape index (κ3) is 4.43. The number of carboxylic acid groups (broad SMARTS) is 1. The number of hydrogen-bond acceptors (Lipinski definition) is 5. The van der Waals surface area contributed by atoms with Crippen molar-refractivity contribution in [3.63, 3.8) is 0 Å². The molecule has 0 amide bonds. The van der Waals surface area contributed by atoms with Gasteiger partial charge in [0.2, 0.25) is 5.89 Å². The SMILES string of the molecule is COc1ccc(OCc2nc(-c3ccccc3)oc2C)c(-c2ccc(C(=O)O)cc2)c1. The highest BCUT2D eigenvalue weighted by Gasteiger charge is 2.14. The molecule has 31 heavy (non-hydrogen) atoms. The van der Waals surface area contributed by atoms with Gasteiger partial charge in [-0.05, 0) is 55.0 Å². The molecule has 3 aromatic carbocycles. The summed E-state index contributed by atoms with van der Waals surface area (Å²) in [6, 6.07) is 21.8. The van der Waals surface area contributed by atoms with E-state index in [9.17, 15) is 4.79 Å². The highest BCUT2D eigenvalue weighted by atomic mass is 16.5. The van der Waals surface area contributed by atoms with E-state index in [1.807, 2.05) is 55.5 Å². The van der Waals surface area contributed by atoms with Gasteiger partial charge in [-0.25, -0.2) is 9.78 Å². The molecule has 0 aliphatic heterocycles. The van der Waals surface area contributed by atoms with Crippen LogP contribution in [-0.4, -0.2) is 23.2 Å². The Morgan fingerprint density at radius 2 is 1.74 bits per heavy atom. The number of carboxylic acids is 1. The van der Waals surface area contributed by atoms with Crippen molar-refractivity contribution in [2.45, 2.75) is 13.5 Å². The highest BCUT2D eigenvalue weighted by Crippen LogP contribution is 2.34. The minimum atomic E-state index is -0.968. The Kier molecular flexibility index (Phi) is 5.71. The summed E-state index contributed by atoms with van der Waals surface area (Å²) in [6.45, 7) is 2.09. The average Bonchev–Trinajstić information content (AvgIpc) is 3.18. The number of rotatable bonds is 7. The van der Waals surface area contributed by atoms with Crippen molar-refractivity contribution in [3.8, 4) is 34.1 Å². The molecule has 0 bridgehead atoms. The molecule has 0 radical (unpaired) electrons. The predicted molar refractivity (Wildman–Crippen MR) is 116 cm³/mol. The van der Waals surface area contributed by atoms with Gasteiger partial charge < -0.3 is 19.0 Å². The van der Waals surface area contributed by atoms with Crippen LogP contribution in [-0.2, 0) is 6.61 Å². The second-order valence-electron chi connectivity index (χ2n) is 6.92. The minimum Gasteiger partial charge on any atom is -0.497 e. The summed E-state index contributed by atoms with van der Waals surface area (Å²) < 4.78 is 17.3. The maximum Gasteiger partial charge on any atom is 0.335 e. The largest absolute Gasteiger partial charge is 0.497 e. The number of methoxy groups -OCH3 is 1. The molecule has 1 N–H and O–H groups in total. The van der Waals surface area contributed by atoms with Gasteiger partial charge in [-0.3, -0.25) is 0 Å². The van der Waals surface area contributed by atoms with Crippen molar-refractivity contribution in [1.29, 1.82) is 0 Å². The highest BCUT2D eigenvalue weighted by molar-refractivity contribution is 5.88. The number of aromatic nitrogens is 1. The smallest absolute Gasteiger partial charge is 0.335 e. The van der Waals surface area contributed by atoms with Gasteiger partial charge in [0.15, 0.2) is 0 Å². The zero-order valence-corrected chi connectivity index (χ0v) is 17.2. The van der Waals surface area contributed by atoms with Crippen LogP contribution in [0.25, 0.3) is 22.6 Å². The lowest BCUT2D eigenvalue weighted by atomic mass is 10.0. The topological polar surface area (TPSA) is 81.8 Å². The Morgan fingerprint density at radius 1 is 1.00 bits per heavy atom. The Labute approximate surface area is 179 Å².